The number of ether oxygens (including phenoxy) is 1. The second-order valence-corrected chi connectivity index (χ2v) is 5.35. The summed E-state index contributed by atoms with van der Waals surface area (Å²) in [7, 11) is 1.50. The van der Waals surface area contributed by atoms with Gasteiger partial charge in [0.25, 0.3) is 5.91 Å². The predicted molar refractivity (Wildman–Crippen MR) is 80.4 cm³/mol. The van der Waals surface area contributed by atoms with E-state index in [2.05, 4.69) is 0 Å². The van der Waals surface area contributed by atoms with Crippen LogP contribution in [0.2, 0.25) is 5.02 Å². The van der Waals surface area contributed by atoms with Crippen LogP contribution in [0.25, 0.3) is 0 Å². The van der Waals surface area contributed by atoms with Gasteiger partial charge in [-0.2, -0.15) is 0 Å². The molecule has 21 heavy (non-hydrogen) atoms. The fraction of sp³-hybridized carbons (Fsp3) is 0.467. The molecule has 5 nitrogen and oxygen atoms in total. The van der Waals surface area contributed by atoms with Gasteiger partial charge in [-0.25, -0.2) is 0 Å². The number of rotatable bonds is 3. The number of hydrogen-bond donors (Lipinski definition) is 0. The van der Waals surface area contributed by atoms with E-state index in [-0.39, 0.29) is 18.4 Å². The fourth-order valence-corrected chi connectivity index (χ4v) is 2.61. The number of halogens is 1. The first-order valence-electron chi connectivity index (χ1n) is 6.94. The number of nitrogens with zero attached hydrogens (tertiary/aromatic N) is 2. The molecule has 2 amide bonds. The molecule has 1 aromatic rings. The van der Waals surface area contributed by atoms with Gasteiger partial charge in [0, 0.05) is 33.3 Å². The lowest BCUT2D eigenvalue weighted by Crippen LogP contribution is -2.38. The first-order chi connectivity index (χ1) is 10.1. The minimum absolute atomic E-state index is 0.0375. The van der Waals surface area contributed by atoms with Crippen LogP contribution in [0.4, 0.5) is 0 Å². The molecule has 0 bridgehead atoms. The van der Waals surface area contributed by atoms with E-state index in [1.807, 2.05) is 0 Å². The van der Waals surface area contributed by atoms with Crippen molar-refractivity contribution in [1.82, 2.24) is 9.80 Å². The zero-order valence-electron chi connectivity index (χ0n) is 12.0. The van der Waals surface area contributed by atoms with E-state index in [4.69, 9.17) is 16.3 Å². The number of methoxy groups -OCH3 is 1. The van der Waals surface area contributed by atoms with E-state index < -0.39 is 0 Å². The Hall–Kier alpha value is -1.59. The van der Waals surface area contributed by atoms with Crippen LogP contribution in [0.15, 0.2) is 24.3 Å². The van der Waals surface area contributed by atoms with Crippen molar-refractivity contribution < 1.29 is 14.3 Å². The summed E-state index contributed by atoms with van der Waals surface area (Å²) >= 11 is 6.07. The summed E-state index contributed by atoms with van der Waals surface area (Å²) in [5.74, 6) is -0.119. The van der Waals surface area contributed by atoms with Crippen LogP contribution in [-0.4, -0.2) is 61.5 Å². The number of benzene rings is 1. The molecule has 1 saturated heterocycles. The Labute approximate surface area is 129 Å². The quantitative estimate of drug-likeness (QED) is 0.853. The Morgan fingerprint density at radius 2 is 1.81 bits per heavy atom. The number of hydrogen-bond acceptors (Lipinski definition) is 3. The molecule has 1 aromatic carbocycles. The highest BCUT2D eigenvalue weighted by Gasteiger charge is 2.23. The largest absolute Gasteiger partial charge is 0.375 e. The third kappa shape index (κ3) is 3.95. The Bertz CT molecular complexity index is 521. The summed E-state index contributed by atoms with van der Waals surface area (Å²) < 4.78 is 4.87. The van der Waals surface area contributed by atoms with Crippen molar-refractivity contribution in [3.8, 4) is 0 Å². The third-order valence-corrected chi connectivity index (χ3v) is 3.84. The van der Waals surface area contributed by atoms with Crippen molar-refractivity contribution >= 4 is 23.4 Å². The standard InChI is InChI=1S/C15H19ClN2O3/c1-21-11-14(19)17-7-4-8-18(10-9-17)15(20)12-5-2-3-6-13(12)16/h2-3,5-6H,4,7-11H2,1H3. The zero-order valence-corrected chi connectivity index (χ0v) is 12.8. The Kier molecular flexibility index (Phi) is 5.59. The Balaban J connectivity index is 2.01. The SMILES string of the molecule is COCC(=O)N1CCCN(C(=O)c2ccccc2Cl)CC1. The highest BCUT2D eigenvalue weighted by atomic mass is 35.5. The Morgan fingerprint density at radius 3 is 2.52 bits per heavy atom. The van der Waals surface area contributed by atoms with Gasteiger partial charge in [-0.15, -0.1) is 0 Å². The minimum atomic E-state index is -0.0818. The van der Waals surface area contributed by atoms with E-state index in [1.54, 1.807) is 34.1 Å². The molecule has 2 rings (SSSR count). The minimum Gasteiger partial charge on any atom is -0.375 e. The monoisotopic (exact) mass is 310 g/mol. The van der Waals surface area contributed by atoms with E-state index in [9.17, 15) is 9.59 Å². The van der Waals surface area contributed by atoms with Gasteiger partial charge in [-0.3, -0.25) is 9.59 Å². The van der Waals surface area contributed by atoms with Crippen molar-refractivity contribution in [2.24, 2.45) is 0 Å². The molecule has 0 atom stereocenters. The first-order valence-corrected chi connectivity index (χ1v) is 7.32. The summed E-state index contributed by atoms with van der Waals surface area (Å²) in [6.45, 7) is 2.39. The second kappa shape index (κ2) is 7.43. The van der Waals surface area contributed by atoms with Gasteiger partial charge in [-0.05, 0) is 18.6 Å². The third-order valence-electron chi connectivity index (χ3n) is 3.51. The van der Waals surface area contributed by atoms with Gasteiger partial charge in [0.2, 0.25) is 5.91 Å². The highest BCUT2D eigenvalue weighted by molar-refractivity contribution is 6.33. The van der Waals surface area contributed by atoms with Crippen molar-refractivity contribution in [3.63, 3.8) is 0 Å². The van der Waals surface area contributed by atoms with Gasteiger partial charge in [0.15, 0.2) is 0 Å². The smallest absolute Gasteiger partial charge is 0.255 e. The molecule has 1 aliphatic heterocycles. The average molecular weight is 311 g/mol. The van der Waals surface area contributed by atoms with Crippen LogP contribution in [-0.2, 0) is 9.53 Å². The average Bonchev–Trinajstić information content (AvgIpc) is 2.73. The lowest BCUT2D eigenvalue weighted by atomic mass is 10.2. The number of amides is 2. The fourth-order valence-electron chi connectivity index (χ4n) is 2.39. The predicted octanol–water partition coefficient (Wildman–Crippen LogP) is 1.66. The van der Waals surface area contributed by atoms with Crippen LogP contribution in [0.1, 0.15) is 16.8 Å². The van der Waals surface area contributed by atoms with E-state index in [0.29, 0.717) is 36.8 Å². The summed E-state index contributed by atoms with van der Waals surface area (Å²) in [6.07, 6.45) is 0.756. The molecule has 0 aliphatic carbocycles. The van der Waals surface area contributed by atoms with E-state index in [1.165, 1.54) is 7.11 Å². The second-order valence-electron chi connectivity index (χ2n) is 4.94. The summed E-state index contributed by atoms with van der Waals surface area (Å²) in [5.41, 5.74) is 0.510. The van der Waals surface area contributed by atoms with E-state index in [0.717, 1.165) is 6.42 Å². The maximum Gasteiger partial charge on any atom is 0.255 e. The maximum atomic E-state index is 12.5. The lowest BCUT2D eigenvalue weighted by Gasteiger charge is -2.22. The molecule has 114 valence electrons. The molecule has 1 fully saturated rings. The first kappa shape index (κ1) is 15.8. The van der Waals surface area contributed by atoms with Gasteiger partial charge in [0.1, 0.15) is 6.61 Å². The van der Waals surface area contributed by atoms with Crippen molar-refractivity contribution in [2.45, 2.75) is 6.42 Å². The lowest BCUT2D eigenvalue weighted by molar-refractivity contribution is -0.135. The van der Waals surface area contributed by atoms with Crippen LogP contribution in [0, 0.1) is 0 Å². The topological polar surface area (TPSA) is 49.9 Å². The zero-order chi connectivity index (χ0) is 15.2. The molecule has 0 N–H and O–H groups in total. The summed E-state index contributed by atoms with van der Waals surface area (Å²) in [4.78, 5) is 27.8. The molecule has 0 unspecified atom stereocenters. The molecule has 0 aromatic heterocycles. The van der Waals surface area contributed by atoms with Crippen LogP contribution < -0.4 is 0 Å². The van der Waals surface area contributed by atoms with Crippen molar-refractivity contribution in [3.05, 3.63) is 34.9 Å². The molecule has 0 saturated carbocycles. The van der Waals surface area contributed by atoms with Gasteiger partial charge in [0.05, 0.1) is 10.6 Å². The van der Waals surface area contributed by atoms with E-state index >= 15 is 0 Å². The Morgan fingerprint density at radius 1 is 1.14 bits per heavy atom. The van der Waals surface area contributed by atoms with Crippen molar-refractivity contribution in [1.29, 1.82) is 0 Å². The van der Waals surface area contributed by atoms with Gasteiger partial charge >= 0.3 is 0 Å². The summed E-state index contributed by atoms with van der Waals surface area (Å²) in [6, 6.07) is 7.03. The number of carbonyl (C=O) groups is 2. The van der Waals surface area contributed by atoms with Gasteiger partial charge in [-0.1, -0.05) is 23.7 Å². The number of carbonyl (C=O) groups excluding carboxylic acids is 2. The molecule has 1 heterocycles. The molecule has 0 radical (unpaired) electrons. The summed E-state index contributed by atoms with van der Waals surface area (Å²) in [5, 5.41) is 0.457. The molecular formula is C15H19ClN2O3. The molecule has 0 spiro atoms. The van der Waals surface area contributed by atoms with Crippen LogP contribution >= 0.6 is 11.6 Å². The molecule has 6 heteroatoms. The normalized spacial score (nSPS) is 15.7. The molecular weight excluding hydrogens is 292 g/mol. The van der Waals surface area contributed by atoms with Crippen LogP contribution in [0.5, 0.6) is 0 Å². The molecule has 1 aliphatic rings. The van der Waals surface area contributed by atoms with Gasteiger partial charge < -0.3 is 14.5 Å². The van der Waals surface area contributed by atoms with Crippen LogP contribution in [0.3, 0.4) is 0 Å². The van der Waals surface area contributed by atoms with Crippen molar-refractivity contribution in [2.75, 3.05) is 39.9 Å². The highest BCUT2D eigenvalue weighted by Crippen LogP contribution is 2.18. The maximum absolute atomic E-state index is 12.5.